The smallest absolute Gasteiger partial charge is 0.224 e. The molecule has 0 saturated carbocycles. The Kier molecular flexibility index (Phi) is 1.77. The molecule has 0 unspecified atom stereocenters. The number of hydrogen-bond acceptors (Lipinski definition) is 4. The van der Waals surface area contributed by atoms with Crippen molar-refractivity contribution in [1.29, 1.82) is 0 Å². The Morgan fingerprint density at radius 3 is 2.92 bits per heavy atom. The number of nitrogens with two attached hydrogens (primary N) is 1. The summed E-state index contributed by atoms with van der Waals surface area (Å²) in [5.74, 6) is 0. The largest absolute Gasteiger partial charge is 0.397 e. The van der Waals surface area contributed by atoms with Crippen LogP contribution in [-0.2, 0) is 0 Å². The van der Waals surface area contributed by atoms with Crippen LogP contribution in [0.2, 0.25) is 5.28 Å². The van der Waals surface area contributed by atoms with Crippen LogP contribution >= 0.6 is 11.6 Å². The van der Waals surface area contributed by atoms with E-state index in [0.717, 1.165) is 11.1 Å². The van der Waals surface area contributed by atoms with Gasteiger partial charge in [-0.3, -0.25) is 0 Å². The zero-order valence-electron chi connectivity index (χ0n) is 6.95. The molecule has 4 nitrogen and oxygen atoms in total. The van der Waals surface area contributed by atoms with Crippen molar-refractivity contribution < 1.29 is 0 Å². The van der Waals surface area contributed by atoms with E-state index in [1.807, 2.05) is 6.92 Å². The van der Waals surface area contributed by atoms with Crippen LogP contribution in [0, 0.1) is 6.92 Å². The molecule has 5 heteroatoms. The number of pyridine rings is 1. The fourth-order valence-corrected chi connectivity index (χ4v) is 1.35. The van der Waals surface area contributed by atoms with Gasteiger partial charge in [-0.05, 0) is 24.6 Å². The molecule has 2 N–H and O–H groups in total. The zero-order chi connectivity index (χ0) is 9.42. The van der Waals surface area contributed by atoms with Crippen LogP contribution < -0.4 is 5.73 Å². The topological polar surface area (TPSA) is 64.7 Å². The summed E-state index contributed by atoms with van der Waals surface area (Å²) in [7, 11) is 0. The summed E-state index contributed by atoms with van der Waals surface area (Å²) in [5.41, 5.74) is 7.54. The lowest BCUT2D eigenvalue weighted by Crippen LogP contribution is -1.94. The minimum atomic E-state index is 0.210. The predicted molar refractivity (Wildman–Crippen MR) is 51.5 cm³/mol. The standard InChI is InChI=1S/C8H7ClN4/c1-4-6-2-5(10)3-11-7(6)13-8(9)12-4/h2-3H,10H2,1H3. The molecule has 0 atom stereocenters. The molecule has 0 aromatic carbocycles. The second-order valence-corrected chi connectivity index (χ2v) is 3.06. The highest BCUT2D eigenvalue weighted by atomic mass is 35.5. The van der Waals surface area contributed by atoms with Crippen molar-refractivity contribution in [2.45, 2.75) is 6.92 Å². The molecular formula is C8H7ClN4. The number of fused-ring (bicyclic) bond motifs is 1. The Balaban J connectivity index is 2.87. The monoisotopic (exact) mass is 194 g/mol. The van der Waals surface area contributed by atoms with Crippen LogP contribution in [0.1, 0.15) is 5.69 Å². The van der Waals surface area contributed by atoms with Gasteiger partial charge in [0.2, 0.25) is 5.28 Å². The van der Waals surface area contributed by atoms with Gasteiger partial charge in [0, 0.05) is 5.39 Å². The van der Waals surface area contributed by atoms with Gasteiger partial charge in [0.15, 0.2) is 5.65 Å². The molecular weight excluding hydrogens is 188 g/mol. The first-order chi connectivity index (χ1) is 6.16. The lowest BCUT2D eigenvalue weighted by Gasteiger charge is -2.00. The third kappa shape index (κ3) is 1.40. The van der Waals surface area contributed by atoms with E-state index in [9.17, 15) is 0 Å². The van der Waals surface area contributed by atoms with Crippen molar-refractivity contribution in [2.75, 3.05) is 5.73 Å². The minimum absolute atomic E-state index is 0.210. The summed E-state index contributed by atoms with van der Waals surface area (Å²) >= 11 is 5.67. The molecule has 0 radical (unpaired) electrons. The zero-order valence-corrected chi connectivity index (χ0v) is 7.71. The van der Waals surface area contributed by atoms with Crippen molar-refractivity contribution in [2.24, 2.45) is 0 Å². The second kappa shape index (κ2) is 2.81. The molecule has 0 spiro atoms. The number of aromatic nitrogens is 3. The molecule has 0 amide bonds. The molecule has 2 heterocycles. The van der Waals surface area contributed by atoms with E-state index >= 15 is 0 Å². The summed E-state index contributed by atoms with van der Waals surface area (Å²) in [6.07, 6.45) is 1.55. The quantitative estimate of drug-likeness (QED) is 0.647. The van der Waals surface area contributed by atoms with Crippen molar-refractivity contribution in [3.8, 4) is 0 Å². The lowest BCUT2D eigenvalue weighted by molar-refractivity contribution is 1.13. The Labute approximate surface area is 79.8 Å². The Hall–Kier alpha value is -1.42. The van der Waals surface area contributed by atoms with Gasteiger partial charge < -0.3 is 5.73 Å². The highest BCUT2D eigenvalue weighted by Crippen LogP contribution is 2.17. The van der Waals surface area contributed by atoms with Crippen LogP contribution in [0.5, 0.6) is 0 Å². The molecule has 0 fully saturated rings. The third-order valence-corrected chi connectivity index (χ3v) is 1.90. The number of aryl methyl sites for hydroxylation is 1. The van der Waals surface area contributed by atoms with Crippen LogP contribution in [0.15, 0.2) is 12.3 Å². The predicted octanol–water partition coefficient (Wildman–Crippen LogP) is 1.57. The molecule has 0 aliphatic rings. The van der Waals surface area contributed by atoms with Crippen molar-refractivity contribution >= 4 is 28.3 Å². The molecule has 0 aliphatic heterocycles. The van der Waals surface area contributed by atoms with Crippen molar-refractivity contribution in [3.63, 3.8) is 0 Å². The minimum Gasteiger partial charge on any atom is -0.397 e. The average Bonchev–Trinajstić information content (AvgIpc) is 2.06. The third-order valence-electron chi connectivity index (χ3n) is 1.74. The van der Waals surface area contributed by atoms with E-state index in [0.29, 0.717) is 11.3 Å². The van der Waals surface area contributed by atoms with Gasteiger partial charge in [0.05, 0.1) is 17.6 Å². The first-order valence-corrected chi connectivity index (χ1v) is 4.10. The van der Waals surface area contributed by atoms with Gasteiger partial charge in [-0.25, -0.2) is 9.97 Å². The SMILES string of the molecule is Cc1nc(Cl)nc2ncc(N)cc12. The maximum Gasteiger partial charge on any atom is 0.224 e. The van der Waals surface area contributed by atoms with Gasteiger partial charge in [0.1, 0.15) is 0 Å². The van der Waals surface area contributed by atoms with Crippen LogP contribution in [-0.4, -0.2) is 15.0 Å². The Morgan fingerprint density at radius 1 is 1.38 bits per heavy atom. The average molecular weight is 195 g/mol. The summed E-state index contributed by atoms with van der Waals surface area (Å²) in [6.45, 7) is 1.84. The molecule has 0 bridgehead atoms. The first kappa shape index (κ1) is 8.19. The number of nitrogen functional groups attached to an aromatic ring is 1. The van der Waals surface area contributed by atoms with Crippen molar-refractivity contribution in [1.82, 2.24) is 15.0 Å². The summed E-state index contributed by atoms with van der Waals surface area (Å²) in [4.78, 5) is 12.0. The number of anilines is 1. The molecule has 13 heavy (non-hydrogen) atoms. The molecule has 2 aromatic heterocycles. The number of nitrogens with zero attached hydrogens (tertiary/aromatic N) is 3. The van der Waals surface area contributed by atoms with E-state index < -0.39 is 0 Å². The maximum absolute atomic E-state index is 5.67. The van der Waals surface area contributed by atoms with Gasteiger partial charge in [0.25, 0.3) is 0 Å². The van der Waals surface area contributed by atoms with E-state index in [2.05, 4.69) is 15.0 Å². The van der Waals surface area contributed by atoms with Gasteiger partial charge in [-0.2, -0.15) is 4.98 Å². The highest BCUT2D eigenvalue weighted by Gasteiger charge is 2.03. The lowest BCUT2D eigenvalue weighted by atomic mass is 10.2. The van der Waals surface area contributed by atoms with E-state index in [-0.39, 0.29) is 5.28 Å². The summed E-state index contributed by atoms with van der Waals surface area (Å²) in [5, 5.41) is 1.05. The van der Waals surface area contributed by atoms with Crippen LogP contribution in [0.4, 0.5) is 5.69 Å². The maximum atomic E-state index is 5.67. The van der Waals surface area contributed by atoms with Gasteiger partial charge in [-0.1, -0.05) is 0 Å². The van der Waals surface area contributed by atoms with Crippen LogP contribution in [0.3, 0.4) is 0 Å². The van der Waals surface area contributed by atoms with Crippen LogP contribution in [0.25, 0.3) is 11.0 Å². The fraction of sp³-hybridized carbons (Fsp3) is 0.125. The second-order valence-electron chi connectivity index (χ2n) is 2.72. The normalized spacial score (nSPS) is 10.6. The first-order valence-electron chi connectivity index (χ1n) is 3.72. The van der Waals surface area contributed by atoms with E-state index in [1.54, 1.807) is 12.3 Å². The summed E-state index contributed by atoms with van der Waals surface area (Å²) in [6, 6.07) is 1.79. The highest BCUT2D eigenvalue weighted by molar-refractivity contribution is 6.28. The fourth-order valence-electron chi connectivity index (χ4n) is 1.14. The Bertz CT molecular complexity index is 469. The summed E-state index contributed by atoms with van der Waals surface area (Å²) < 4.78 is 0. The van der Waals surface area contributed by atoms with E-state index in [4.69, 9.17) is 17.3 Å². The molecule has 66 valence electrons. The van der Waals surface area contributed by atoms with E-state index in [1.165, 1.54) is 0 Å². The number of halogens is 1. The number of rotatable bonds is 0. The molecule has 2 aromatic rings. The van der Waals surface area contributed by atoms with Gasteiger partial charge in [-0.15, -0.1) is 0 Å². The molecule has 0 aliphatic carbocycles. The molecule has 2 rings (SSSR count). The van der Waals surface area contributed by atoms with Crippen molar-refractivity contribution in [3.05, 3.63) is 23.2 Å². The molecule has 0 saturated heterocycles. The number of hydrogen-bond donors (Lipinski definition) is 1. The van der Waals surface area contributed by atoms with Gasteiger partial charge >= 0.3 is 0 Å². The Morgan fingerprint density at radius 2 is 2.15 bits per heavy atom.